The number of amides is 1. The number of para-hydroxylation sites is 1. The SMILES string of the molecule is O=C(NCc1ccc(Cl)cc1)c1cn(CCO)c2sc(C[NH2+]CC(O)c3cc4ccccc4o3)cc2c1=O. The second-order valence-electron chi connectivity index (χ2n) is 8.96. The van der Waals surface area contributed by atoms with Crippen molar-refractivity contribution in [1.82, 2.24) is 9.88 Å². The summed E-state index contributed by atoms with van der Waals surface area (Å²) in [6, 6.07) is 18.3. The van der Waals surface area contributed by atoms with Crippen molar-refractivity contribution in [2.45, 2.75) is 25.7 Å². The number of aliphatic hydroxyl groups is 2. The van der Waals surface area contributed by atoms with Gasteiger partial charge in [-0.3, -0.25) is 9.59 Å². The van der Waals surface area contributed by atoms with Crippen molar-refractivity contribution in [3.05, 3.63) is 104 Å². The smallest absolute Gasteiger partial charge is 0.257 e. The van der Waals surface area contributed by atoms with Crippen molar-refractivity contribution in [1.29, 1.82) is 0 Å². The third kappa shape index (κ3) is 5.67. The molecular weight excluding hydrogens is 526 g/mol. The van der Waals surface area contributed by atoms with E-state index >= 15 is 0 Å². The predicted octanol–water partition coefficient (Wildman–Crippen LogP) is 3.18. The molecule has 0 radical (unpaired) electrons. The van der Waals surface area contributed by atoms with Gasteiger partial charge in [0.05, 0.1) is 16.9 Å². The Labute approximate surface area is 227 Å². The van der Waals surface area contributed by atoms with E-state index in [0.717, 1.165) is 21.4 Å². The third-order valence-corrected chi connectivity index (χ3v) is 7.71. The van der Waals surface area contributed by atoms with Crippen molar-refractivity contribution >= 4 is 50.0 Å². The number of carbonyl (C=O) groups excluding carboxylic acids is 1. The van der Waals surface area contributed by atoms with E-state index in [4.69, 9.17) is 16.0 Å². The maximum Gasteiger partial charge on any atom is 0.257 e. The molecule has 0 saturated heterocycles. The maximum absolute atomic E-state index is 13.2. The van der Waals surface area contributed by atoms with E-state index in [1.54, 1.807) is 22.8 Å². The van der Waals surface area contributed by atoms with Crippen LogP contribution in [0.1, 0.15) is 32.7 Å². The highest BCUT2D eigenvalue weighted by molar-refractivity contribution is 7.18. The molecule has 0 aliphatic heterocycles. The average molecular weight is 553 g/mol. The summed E-state index contributed by atoms with van der Waals surface area (Å²) < 4.78 is 7.49. The Hall–Kier alpha value is -3.47. The monoisotopic (exact) mass is 552 g/mol. The predicted molar refractivity (Wildman–Crippen MR) is 147 cm³/mol. The summed E-state index contributed by atoms with van der Waals surface area (Å²) in [4.78, 5) is 27.8. The van der Waals surface area contributed by atoms with E-state index < -0.39 is 12.0 Å². The van der Waals surface area contributed by atoms with Crippen LogP contribution in [0.2, 0.25) is 5.02 Å². The van der Waals surface area contributed by atoms with E-state index in [-0.39, 0.29) is 30.7 Å². The molecule has 0 bridgehead atoms. The second-order valence-corrected chi connectivity index (χ2v) is 10.5. The Bertz CT molecular complexity index is 1610. The molecule has 1 atom stereocenters. The zero-order valence-electron chi connectivity index (χ0n) is 20.4. The quantitative estimate of drug-likeness (QED) is 0.212. The molecule has 1 amide bonds. The number of quaternary nitrogens is 1. The molecule has 3 aromatic heterocycles. The summed E-state index contributed by atoms with van der Waals surface area (Å²) in [5, 5.41) is 26.9. The highest BCUT2D eigenvalue weighted by Crippen LogP contribution is 2.25. The molecule has 0 fully saturated rings. The van der Waals surface area contributed by atoms with Gasteiger partial charge in [0.2, 0.25) is 5.43 Å². The minimum atomic E-state index is -0.776. The normalized spacial score (nSPS) is 12.3. The molecule has 5 N–H and O–H groups in total. The Kier molecular flexibility index (Phi) is 7.92. The molecule has 0 aliphatic carbocycles. The molecule has 2 aromatic carbocycles. The molecule has 1 unspecified atom stereocenters. The lowest BCUT2D eigenvalue weighted by Gasteiger charge is -2.10. The minimum Gasteiger partial charge on any atom is -0.458 e. The first kappa shape index (κ1) is 26.1. The second kappa shape index (κ2) is 11.5. The van der Waals surface area contributed by atoms with Gasteiger partial charge in [0.15, 0.2) is 6.10 Å². The Morgan fingerprint density at radius 1 is 1.16 bits per heavy atom. The highest BCUT2D eigenvalue weighted by Gasteiger charge is 2.19. The first-order valence-electron chi connectivity index (χ1n) is 12.2. The standard InChI is InChI=1S/C28H26ClN3O5S/c29-19-7-5-17(6-8-19)13-31-27(36)22-16-32(9-10-33)28-21(26(22)35)12-20(38-28)14-30-15-23(34)25-11-18-3-1-2-4-24(18)37-25/h1-8,11-12,16,23,30,33-34H,9-10,13-15H2,(H,31,36)/p+1. The van der Waals surface area contributed by atoms with Gasteiger partial charge in [-0.1, -0.05) is 41.9 Å². The zero-order valence-corrected chi connectivity index (χ0v) is 22.0. The number of nitrogens with zero attached hydrogens (tertiary/aromatic N) is 1. The van der Waals surface area contributed by atoms with Crippen molar-refractivity contribution in [3.8, 4) is 0 Å². The maximum atomic E-state index is 13.2. The van der Waals surface area contributed by atoms with Gasteiger partial charge in [-0.15, -0.1) is 11.3 Å². The lowest BCUT2D eigenvalue weighted by Crippen LogP contribution is -2.83. The molecule has 5 rings (SSSR count). The number of aromatic nitrogens is 1. The van der Waals surface area contributed by atoms with E-state index in [0.29, 0.717) is 34.1 Å². The van der Waals surface area contributed by atoms with Crippen molar-refractivity contribution < 1.29 is 24.7 Å². The van der Waals surface area contributed by atoms with Crippen LogP contribution in [0.5, 0.6) is 0 Å². The summed E-state index contributed by atoms with van der Waals surface area (Å²) in [5.41, 5.74) is 1.26. The number of nitrogens with two attached hydrogens (primary N) is 1. The lowest BCUT2D eigenvalue weighted by molar-refractivity contribution is -0.677. The Balaban J connectivity index is 1.30. The summed E-state index contributed by atoms with van der Waals surface area (Å²) >= 11 is 7.35. The van der Waals surface area contributed by atoms with E-state index in [1.807, 2.05) is 47.8 Å². The van der Waals surface area contributed by atoms with Crippen molar-refractivity contribution in [2.75, 3.05) is 13.2 Å². The number of halogens is 1. The van der Waals surface area contributed by atoms with Gasteiger partial charge in [-0.25, -0.2) is 0 Å². The van der Waals surface area contributed by atoms with Crippen molar-refractivity contribution in [3.63, 3.8) is 0 Å². The molecular formula is C28H27ClN3O5S+. The Morgan fingerprint density at radius 2 is 1.95 bits per heavy atom. The van der Waals surface area contributed by atoms with Crippen LogP contribution in [0.3, 0.4) is 0 Å². The minimum absolute atomic E-state index is 0.0218. The topological polar surface area (TPSA) is 121 Å². The molecule has 3 heterocycles. The number of aliphatic hydroxyl groups excluding tert-OH is 2. The number of rotatable bonds is 10. The van der Waals surface area contributed by atoms with E-state index in [9.17, 15) is 19.8 Å². The average Bonchev–Trinajstić information content (AvgIpc) is 3.55. The summed E-state index contributed by atoms with van der Waals surface area (Å²) in [6.45, 7) is 1.29. The third-order valence-electron chi connectivity index (χ3n) is 6.26. The van der Waals surface area contributed by atoms with Crippen LogP contribution in [0.15, 0.2) is 76.1 Å². The van der Waals surface area contributed by atoms with Crippen LogP contribution in [-0.2, 0) is 19.6 Å². The number of carbonyl (C=O) groups is 1. The van der Waals surface area contributed by atoms with Crippen LogP contribution >= 0.6 is 22.9 Å². The number of nitrogens with one attached hydrogen (secondary N) is 1. The van der Waals surface area contributed by atoms with Crippen LogP contribution in [0.4, 0.5) is 0 Å². The number of furan rings is 1. The first-order chi connectivity index (χ1) is 18.4. The number of hydrogen-bond donors (Lipinski definition) is 4. The number of benzene rings is 2. The van der Waals surface area contributed by atoms with Gasteiger partial charge in [0.25, 0.3) is 5.91 Å². The van der Waals surface area contributed by atoms with E-state index in [1.165, 1.54) is 17.5 Å². The van der Waals surface area contributed by atoms with Gasteiger partial charge in [-0.05, 0) is 35.9 Å². The van der Waals surface area contributed by atoms with E-state index in [2.05, 4.69) is 5.32 Å². The largest absolute Gasteiger partial charge is 0.458 e. The van der Waals surface area contributed by atoms with Gasteiger partial charge in [-0.2, -0.15) is 0 Å². The molecule has 8 nitrogen and oxygen atoms in total. The van der Waals surface area contributed by atoms with Crippen LogP contribution in [0, 0.1) is 0 Å². The molecule has 38 heavy (non-hydrogen) atoms. The van der Waals surface area contributed by atoms with Gasteiger partial charge in [0, 0.05) is 29.7 Å². The highest BCUT2D eigenvalue weighted by atomic mass is 35.5. The number of thiophene rings is 1. The molecule has 0 aliphatic rings. The number of pyridine rings is 1. The van der Waals surface area contributed by atoms with Gasteiger partial charge < -0.3 is 29.8 Å². The molecule has 0 spiro atoms. The summed E-state index contributed by atoms with van der Waals surface area (Å²) in [5.74, 6) is 0.0301. The van der Waals surface area contributed by atoms with Gasteiger partial charge >= 0.3 is 0 Å². The molecule has 0 saturated carbocycles. The Morgan fingerprint density at radius 3 is 2.71 bits per heavy atom. The molecule has 196 valence electrons. The van der Waals surface area contributed by atoms with Crippen LogP contribution < -0.4 is 16.1 Å². The zero-order chi connectivity index (χ0) is 26.6. The van der Waals surface area contributed by atoms with Gasteiger partial charge in [0.1, 0.15) is 34.8 Å². The first-order valence-corrected chi connectivity index (χ1v) is 13.4. The summed E-state index contributed by atoms with van der Waals surface area (Å²) in [7, 11) is 0. The number of hydrogen-bond acceptors (Lipinski definition) is 6. The fourth-order valence-electron chi connectivity index (χ4n) is 4.31. The van der Waals surface area contributed by atoms with Crippen molar-refractivity contribution in [2.24, 2.45) is 0 Å². The lowest BCUT2D eigenvalue weighted by atomic mass is 10.1. The fraction of sp³-hybridized carbons (Fsp3) is 0.214. The molecule has 10 heteroatoms. The van der Waals surface area contributed by atoms with Crippen LogP contribution in [-0.4, -0.2) is 33.8 Å². The van der Waals surface area contributed by atoms with Crippen LogP contribution in [0.25, 0.3) is 21.2 Å². The fourth-order valence-corrected chi connectivity index (χ4v) is 5.58. The molecule has 5 aromatic rings. The number of fused-ring (bicyclic) bond motifs is 2. The summed E-state index contributed by atoms with van der Waals surface area (Å²) in [6.07, 6.45) is 0.732.